The lowest BCUT2D eigenvalue weighted by molar-refractivity contribution is -0.384. The summed E-state index contributed by atoms with van der Waals surface area (Å²) in [5, 5.41) is 20.9. The summed E-state index contributed by atoms with van der Waals surface area (Å²) in [5.74, 6) is 1.77. The molecular weight excluding hydrogens is 322 g/mol. The van der Waals surface area contributed by atoms with Crippen LogP contribution in [0.25, 0.3) is 0 Å². The largest absolute Gasteiger partial charge is 0.507 e. The second kappa shape index (κ2) is 6.63. The molecule has 1 atom stereocenters. The summed E-state index contributed by atoms with van der Waals surface area (Å²) in [6.45, 7) is 6.12. The first-order valence-corrected chi connectivity index (χ1v) is 8.24. The van der Waals surface area contributed by atoms with Crippen LogP contribution in [0, 0.1) is 30.9 Å². The van der Waals surface area contributed by atoms with Crippen LogP contribution >= 0.6 is 0 Å². The van der Waals surface area contributed by atoms with Gasteiger partial charge in [-0.1, -0.05) is 0 Å². The van der Waals surface area contributed by atoms with Gasteiger partial charge in [0.05, 0.1) is 4.92 Å². The van der Waals surface area contributed by atoms with Crippen molar-refractivity contribution >= 4 is 5.69 Å². The number of hydrogen-bond acceptors (Lipinski definition) is 5. The van der Waals surface area contributed by atoms with Crippen LogP contribution < -0.4 is 9.47 Å². The van der Waals surface area contributed by atoms with E-state index >= 15 is 0 Å². The van der Waals surface area contributed by atoms with E-state index in [0.29, 0.717) is 18.1 Å². The van der Waals surface area contributed by atoms with Gasteiger partial charge in [0.1, 0.15) is 30.0 Å². The molecule has 2 aromatic carbocycles. The average Bonchev–Trinajstić information content (AvgIpc) is 2.63. The Balaban J connectivity index is 1.70. The van der Waals surface area contributed by atoms with E-state index in [9.17, 15) is 15.2 Å². The number of phenolic OH excluding ortho intramolecular Hbond substituents is 1. The summed E-state index contributed by atoms with van der Waals surface area (Å²) in [4.78, 5) is 10.2. The van der Waals surface area contributed by atoms with Gasteiger partial charge in [-0.3, -0.25) is 10.1 Å². The summed E-state index contributed by atoms with van der Waals surface area (Å²) in [6.07, 6.45) is 1.53. The van der Waals surface area contributed by atoms with E-state index in [1.807, 2.05) is 20.8 Å². The van der Waals surface area contributed by atoms with Crippen molar-refractivity contribution in [2.24, 2.45) is 0 Å². The van der Waals surface area contributed by atoms with Gasteiger partial charge in [0.15, 0.2) is 0 Å². The van der Waals surface area contributed by atoms with E-state index in [-0.39, 0.29) is 11.8 Å². The highest BCUT2D eigenvalue weighted by atomic mass is 16.6. The number of ether oxygens (including phenoxy) is 2. The third-order valence-corrected chi connectivity index (χ3v) is 4.82. The van der Waals surface area contributed by atoms with Crippen molar-refractivity contribution < 1.29 is 19.5 Å². The third kappa shape index (κ3) is 3.24. The molecule has 1 aliphatic rings. The molecule has 1 N–H and O–H groups in total. The Morgan fingerprint density at radius 3 is 2.52 bits per heavy atom. The zero-order valence-electron chi connectivity index (χ0n) is 14.5. The fourth-order valence-electron chi connectivity index (χ4n) is 3.13. The maximum atomic E-state index is 10.7. The molecule has 0 aromatic heterocycles. The molecule has 1 aliphatic heterocycles. The molecule has 6 heteroatoms. The molecule has 0 saturated carbocycles. The molecule has 0 fully saturated rings. The number of non-ortho nitro benzene ring substituents is 1. The quantitative estimate of drug-likeness (QED) is 0.670. The first-order valence-electron chi connectivity index (χ1n) is 8.24. The Hall–Kier alpha value is -2.76. The summed E-state index contributed by atoms with van der Waals surface area (Å²) in [7, 11) is 0. The molecule has 6 nitrogen and oxygen atoms in total. The molecular formula is C19H21NO5. The third-order valence-electron chi connectivity index (χ3n) is 4.82. The van der Waals surface area contributed by atoms with Crippen molar-refractivity contribution in [2.45, 2.75) is 39.7 Å². The van der Waals surface area contributed by atoms with Crippen LogP contribution in [0.15, 0.2) is 24.3 Å². The van der Waals surface area contributed by atoms with Crippen LogP contribution in [0.1, 0.15) is 28.7 Å². The Bertz CT molecular complexity index is 814. The topological polar surface area (TPSA) is 81.8 Å². The monoisotopic (exact) mass is 343 g/mol. The lowest BCUT2D eigenvalue weighted by Gasteiger charge is -2.30. The predicted octanol–water partition coefficient (Wildman–Crippen LogP) is 4.00. The molecule has 0 radical (unpaired) electrons. The Morgan fingerprint density at radius 2 is 1.88 bits per heavy atom. The Morgan fingerprint density at radius 1 is 1.20 bits per heavy atom. The minimum absolute atomic E-state index is 0.0385. The molecule has 0 spiro atoms. The van der Waals surface area contributed by atoms with Crippen LogP contribution in [-0.2, 0) is 6.42 Å². The number of fused-ring (bicyclic) bond motifs is 1. The first kappa shape index (κ1) is 17.1. The molecule has 3 rings (SSSR count). The van der Waals surface area contributed by atoms with E-state index in [0.717, 1.165) is 40.8 Å². The summed E-state index contributed by atoms with van der Waals surface area (Å²) >= 11 is 0. The van der Waals surface area contributed by atoms with Crippen LogP contribution in [0.2, 0.25) is 0 Å². The standard InChI is InChI=1S/C19H21NO5/c1-11-12(2)19-17(13(3)18(11)21)9-8-16(25-19)10-24-15-6-4-14(5-7-15)20(22)23/h4-7,16,21H,8-10H2,1-3H3. The fraction of sp³-hybridized carbons (Fsp3) is 0.368. The van der Waals surface area contributed by atoms with E-state index in [2.05, 4.69) is 0 Å². The summed E-state index contributed by atoms with van der Waals surface area (Å²) < 4.78 is 11.8. The second-order valence-corrected chi connectivity index (χ2v) is 6.37. The minimum Gasteiger partial charge on any atom is -0.507 e. The normalized spacial score (nSPS) is 16.0. The van der Waals surface area contributed by atoms with Gasteiger partial charge in [-0.05, 0) is 62.4 Å². The number of benzene rings is 2. The summed E-state index contributed by atoms with van der Waals surface area (Å²) in [6, 6.07) is 6.02. The molecule has 0 saturated heterocycles. The van der Waals surface area contributed by atoms with Gasteiger partial charge < -0.3 is 14.6 Å². The van der Waals surface area contributed by atoms with Crippen molar-refractivity contribution in [3.05, 3.63) is 56.6 Å². The van der Waals surface area contributed by atoms with Crippen LogP contribution in [0.5, 0.6) is 17.2 Å². The minimum atomic E-state index is -0.437. The highest BCUT2D eigenvalue weighted by Crippen LogP contribution is 2.40. The number of rotatable bonds is 4. The summed E-state index contributed by atoms with van der Waals surface area (Å²) in [5.41, 5.74) is 3.78. The lowest BCUT2D eigenvalue weighted by Crippen LogP contribution is -2.30. The van der Waals surface area contributed by atoms with Gasteiger partial charge in [-0.2, -0.15) is 0 Å². The predicted molar refractivity (Wildman–Crippen MR) is 93.6 cm³/mol. The maximum absolute atomic E-state index is 10.7. The van der Waals surface area contributed by atoms with Crippen molar-refractivity contribution in [1.29, 1.82) is 0 Å². The number of nitrogens with zero attached hydrogens (tertiary/aromatic N) is 1. The number of aromatic hydroxyl groups is 1. The van der Waals surface area contributed by atoms with Crippen molar-refractivity contribution in [2.75, 3.05) is 6.61 Å². The lowest BCUT2D eigenvalue weighted by atomic mass is 9.92. The van der Waals surface area contributed by atoms with Gasteiger partial charge in [0.2, 0.25) is 0 Å². The van der Waals surface area contributed by atoms with Gasteiger partial charge in [0, 0.05) is 17.7 Å². The number of phenols is 1. The average molecular weight is 343 g/mol. The molecule has 2 aromatic rings. The van der Waals surface area contributed by atoms with Crippen molar-refractivity contribution in [1.82, 2.24) is 0 Å². The second-order valence-electron chi connectivity index (χ2n) is 6.37. The van der Waals surface area contributed by atoms with E-state index < -0.39 is 4.92 Å². The van der Waals surface area contributed by atoms with E-state index in [1.165, 1.54) is 12.1 Å². The molecule has 1 unspecified atom stereocenters. The Labute approximate surface area is 146 Å². The van der Waals surface area contributed by atoms with E-state index in [1.54, 1.807) is 12.1 Å². The van der Waals surface area contributed by atoms with Gasteiger partial charge in [0.25, 0.3) is 5.69 Å². The zero-order chi connectivity index (χ0) is 18.1. The number of nitro benzene ring substituents is 1. The number of hydrogen-bond donors (Lipinski definition) is 1. The molecule has 132 valence electrons. The Kier molecular flexibility index (Phi) is 4.53. The highest BCUT2D eigenvalue weighted by molar-refractivity contribution is 5.58. The highest BCUT2D eigenvalue weighted by Gasteiger charge is 2.26. The molecule has 0 aliphatic carbocycles. The van der Waals surface area contributed by atoms with Gasteiger partial charge >= 0.3 is 0 Å². The van der Waals surface area contributed by atoms with Gasteiger partial charge in [-0.15, -0.1) is 0 Å². The first-order chi connectivity index (χ1) is 11.9. The van der Waals surface area contributed by atoms with Crippen LogP contribution in [0.3, 0.4) is 0 Å². The smallest absolute Gasteiger partial charge is 0.269 e. The molecule has 1 heterocycles. The van der Waals surface area contributed by atoms with E-state index in [4.69, 9.17) is 9.47 Å². The molecule has 0 amide bonds. The molecule has 25 heavy (non-hydrogen) atoms. The van der Waals surface area contributed by atoms with Gasteiger partial charge in [-0.25, -0.2) is 0 Å². The maximum Gasteiger partial charge on any atom is 0.269 e. The van der Waals surface area contributed by atoms with Crippen LogP contribution in [-0.4, -0.2) is 22.7 Å². The fourth-order valence-corrected chi connectivity index (χ4v) is 3.13. The van der Waals surface area contributed by atoms with Crippen LogP contribution in [0.4, 0.5) is 5.69 Å². The van der Waals surface area contributed by atoms with Crippen molar-refractivity contribution in [3.8, 4) is 17.2 Å². The number of nitro groups is 1. The zero-order valence-corrected chi connectivity index (χ0v) is 14.5. The molecule has 0 bridgehead atoms. The SMILES string of the molecule is Cc1c(C)c2c(c(C)c1O)CCC(COc1ccc([N+](=O)[O-])cc1)O2. The van der Waals surface area contributed by atoms with Crippen molar-refractivity contribution in [3.63, 3.8) is 0 Å².